The average molecular weight is 300 g/mol. The average Bonchev–Trinajstić information content (AvgIpc) is 2.74. The molecule has 1 heterocycles. The highest BCUT2D eigenvalue weighted by Gasteiger charge is 2.15. The third-order valence-corrected chi connectivity index (χ3v) is 5.31. The van der Waals surface area contributed by atoms with Crippen LogP contribution in [0.3, 0.4) is 0 Å². The maximum absolute atomic E-state index is 12.1. The number of nitrogens with one attached hydrogen (secondary N) is 1. The summed E-state index contributed by atoms with van der Waals surface area (Å²) in [6.45, 7) is 1.82. The van der Waals surface area contributed by atoms with Gasteiger partial charge in [-0.3, -0.25) is 4.72 Å². The van der Waals surface area contributed by atoms with Crippen LogP contribution in [0.5, 0.6) is 0 Å². The molecule has 0 aliphatic rings. The summed E-state index contributed by atoms with van der Waals surface area (Å²) in [5, 5.41) is 2.19. The first-order valence-corrected chi connectivity index (χ1v) is 8.69. The van der Waals surface area contributed by atoms with E-state index in [2.05, 4.69) is 9.71 Å². The van der Waals surface area contributed by atoms with Crippen LogP contribution in [0.25, 0.3) is 0 Å². The Morgan fingerprint density at radius 2 is 1.94 bits per heavy atom. The van der Waals surface area contributed by atoms with Crippen molar-refractivity contribution in [3.05, 3.63) is 35.3 Å². The van der Waals surface area contributed by atoms with Gasteiger partial charge in [0.2, 0.25) is 0 Å². The van der Waals surface area contributed by atoms with Crippen molar-refractivity contribution >= 4 is 38.3 Å². The van der Waals surface area contributed by atoms with Gasteiger partial charge in [0.25, 0.3) is 10.0 Å². The lowest BCUT2D eigenvalue weighted by molar-refractivity contribution is 0.601. The predicted molar refractivity (Wildman–Crippen MR) is 75.9 cm³/mol. The van der Waals surface area contributed by atoms with Gasteiger partial charge in [-0.2, -0.15) is 0 Å². The zero-order chi connectivity index (χ0) is 13.2. The van der Waals surface area contributed by atoms with Crippen molar-refractivity contribution in [2.45, 2.75) is 16.7 Å². The minimum absolute atomic E-state index is 0.244. The Kier molecular flexibility index (Phi) is 3.94. The molecular weight excluding hydrogens is 288 g/mol. The van der Waals surface area contributed by atoms with Crippen LogP contribution in [0.2, 0.25) is 0 Å². The molecule has 2 aromatic rings. The zero-order valence-electron chi connectivity index (χ0n) is 9.88. The molecule has 96 valence electrons. The molecule has 0 saturated carbocycles. The molecule has 0 bridgehead atoms. The fraction of sp³-hybridized carbons (Fsp3) is 0.182. The largest absolute Gasteiger partial charge is 0.263 e. The second-order valence-corrected chi connectivity index (χ2v) is 7.00. The third-order valence-electron chi connectivity index (χ3n) is 2.21. The van der Waals surface area contributed by atoms with E-state index in [-0.39, 0.29) is 4.90 Å². The van der Waals surface area contributed by atoms with E-state index in [9.17, 15) is 8.42 Å². The number of aromatic nitrogens is 1. The molecule has 1 aromatic heterocycles. The lowest BCUT2D eigenvalue weighted by Gasteiger charge is -2.05. The first-order valence-electron chi connectivity index (χ1n) is 5.10. The highest BCUT2D eigenvalue weighted by molar-refractivity contribution is 7.98. The number of nitrogens with zero attached hydrogens (tertiary/aromatic N) is 1. The summed E-state index contributed by atoms with van der Waals surface area (Å²) < 4.78 is 26.6. The van der Waals surface area contributed by atoms with Gasteiger partial charge in [0.15, 0.2) is 5.13 Å². The summed E-state index contributed by atoms with van der Waals surface area (Å²) in [4.78, 5) is 5.35. The molecule has 18 heavy (non-hydrogen) atoms. The molecule has 1 N–H and O–H groups in total. The predicted octanol–water partition coefficient (Wildman–Crippen LogP) is 2.97. The Morgan fingerprint density at radius 3 is 2.44 bits per heavy atom. The number of rotatable bonds is 4. The summed E-state index contributed by atoms with van der Waals surface area (Å²) in [7, 11) is -3.54. The van der Waals surface area contributed by atoms with Gasteiger partial charge in [-0.15, -0.1) is 23.1 Å². The summed E-state index contributed by atoms with van der Waals surface area (Å²) in [6.07, 6.45) is 1.94. The lowest BCUT2D eigenvalue weighted by atomic mass is 10.4. The van der Waals surface area contributed by atoms with Gasteiger partial charge in [-0.05, 0) is 37.4 Å². The Morgan fingerprint density at radius 1 is 1.28 bits per heavy atom. The van der Waals surface area contributed by atoms with Crippen molar-refractivity contribution in [1.29, 1.82) is 0 Å². The van der Waals surface area contributed by atoms with E-state index in [1.165, 1.54) is 11.3 Å². The first-order chi connectivity index (χ1) is 8.51. The number of hydrogen-bond donors (Lipinski definition) is 1. The van der Waals surface area contributed by atoms with Gasteiger partial charge >= 0.3 is 0 Å². The molecule has 0 spiro atoms. The summed E-state index contributed by atoms with van der Waals surface area (Å²) in [6, 6.07) is 6.75. The molecule has 0 fully saturated rings. The quantitative estimate of drug-likeness (QED) is 0.882. The minimum Gasteiger partial charge on any atom is -0.255 e. The molecule has 0 unspecified atom stereocenters. The van der Waals surface area contributed by atoms with Crippen molar-refractivity contribution in [2.24, 2.45) is 0 Å². The van der Waals surface area contributed by atoms with Crippen molar-refractivity contribution in [1.82, 2.24) is 4.98 Å². The fourth-order valence-electron chi connectivity index (χ4n) is 1.33. The Hall–Kier alpha value is -1.05. The maximum Gasteiger partial charge on any atom is 0.263 e. The number of aryl methyl sites for hydroxylation is 1. The van der Waals surface area contributed by atoms with E-state index < -0.39 is 10.0 Å². The van der Waals surface area contributed by atoms with Crippen LogP contribution in [0.1, 0.15) is 5.69 Å². The molecule has 2 rings (SSSR count). The number of benzene rings is 1. The van der Waals surface area contributed by atoms with Crippen LogP contribution < -0.4 is 4.72 Å². The number of thiazole rings is 1. The fourth-order valence-corrected chi connectivity index (χ4v) is 3.68. The van der Waals surface area contributed by atoms with Gasteiger partial charge in [-0.1, -0.05) is 0 Å². The number of anilines is 1. The molecular formula is C11H12N2O2S3. The van der Waals surface area contributed by atoms with E-state index in [0.717, 1.165) is 10.6 Å². The first kappa shape index (κ1) is 13.4. The van der Waals surface area contributed by atoms with E-state index in [0.29, 0.717) is 5.13 Å². The monoisotopic (exact) mass is 300 g/mol. The normalized spacial score (nSPS) is 11.4. The molecule has 0 radical (unpaired) electrons. The van der Waals surface area contributed by atoms with Gasteiger partial charge in [0.1, 0.15) is 0 Å². The van der Waals surface area contributed by atoms with Crippen LogP contribution in [0.4, 0.5) is 5.13 Å². The van der Waals surface area contributed by atoms with E-state index in [1.54, 1.807) is 41.4 Å². The van der Waals surface area contributed by atoms with Crippen LogP contribution in [-0.4, -0.2) is 19.7 Å². The highest BCUT2D eigenvalue weighted by atomic mass is 32.2. The van der Waals surface area contributed by atoms with Crippen LogP contribution in [0, 0.1) is 6.92 Å². The molecule has 0 aliphatic heterocycles. The molecule has 0 amide bonds. The lowest BCUT2D eigenvalue weighted by Crippen LogP contribution is -2.12. The smallest absolute Gasteiger partial charge is 0.255 e. The van der Waals surface area contributed by atoms with Crippen molar-refractivity contribution < 1.29 is 8.42 Å². The molecule has 0 saturated heterocycles. The molecule has 0 aliphatic carbocycles. The molecule has 0 atom stereocenters. The van der Waals surface area contributed by atoms with Crippen molar-refractivity contribution in [3.63, 3.8) is 0 Å². The maximum atomic E-state index is 12.1. The van der Waals surface area contributed by atoms with Crippen molar-refractivity contribution in [2.75, 3.05) is 11.0 Å². The van der Waals surface area contributed by atoms with E-state index in [1.807, 2.05) is 13.2 Å². The second-order valence-electron chi connectivity index (χ2n) is 3.58. The van der Waals surface area contributed by atoms with Gasteiger partial charge in [-0.25, -0.2) is 13.4 Å². The van der Waals surface area contributed by atoms with E-state index in [4.69, 9.17) is 0 Å². The molecule has 4 nitrogen and oxygen atoms in total. The Bertz CT molecular complexity index is 633. The number of sulfonamides is 1. The SMILES string of the molecule is CSc1ccc(S(=O)(=O)Nc2nc(C)cs2)cc1. The van der Waals surface area contributed by atoms with Crippen molar-refractivity contribution in [3.8, 4) is 0 Å². The van der Waals surface area contributed by atoms with Gasteiger partial charge in [0, 0.05) is 10.3 Å². The summed E-state index contributed by atoms with van der Waals surface area (Å²) in [5.41, 5.74) is 0.801. The van der Waals surface area contributed by atoms with Gasteiger partial charge in [0.05, 0.1) is 10.6 Å². The second kappa shape index (κ2) is 5.29. The standard InChI is InChI=1S/C11H12N2O2S3/c1-8-7-17-11(12-8)13-18(14,15)10-5-3-9(16-2)4-6-10/h3-7H,1-2H3,(H,12,13). The number of thioether (sulfide) groups is 1. The Balaban J connectivity index is 2.24. The summed E-state index contributed by atoms with van der Waals surface area (Å²) >= 11 is 2.84. The van der Waals surface area contributed by atoms with Crippen LogP contribution in [-0.2, 0) is 10.0 Å². The highest BCUT2D eigenvalue weighted by Crippen LogP contribution is 2.21. The van der Waals surface area contributed by atoms with E-state index >= 15 is 0 Å². The molecule has 7 heteroatoms. The summed E-state index contributed by atoms with van der Waals surface area (Å²) in [5.74, 6) is 0. The molecule has 1 aromatic carbocycles. The Labute approximate surface area is 115 Å². The van der Waals surface area contributed by atoms with Gasteiger partial charge < -0.3 is 0 Å². The third kappa shape index (κ3) is 3.04. The van der Waals surface area contributed by atoms with Crippen LogP contribution >= 0.6 is 23.1 Å². The number of hydrogen-bond acceptors (Lipinski definition) is 5. The zero-order valence-corrected chi connectivity index (χ0v) is 12.3. The minimum atomic E-state index is -3.54. The topological polar surface area (TPSA) is 59.1 Å². The van der Waals surface area contributed by atoms with Crippen LogP contribution in [0.15, 0.2) is 39.4 Å².